The molecule has 0 unspecified atom stereocenters. The van der Waals surface area contributed by atoms with Crippen LogP contribution in [0.25, 0.3) is 0 Å². The number of rotatable bonds is 5. The lowest BCUT2D eigenvalue weighted by Crippen LogP contribution is -2.43. The molecule has 0 radical (unpaired) electrons. The summed E-state index contributed by atoms with van der Waals surface area (Å²) in [7, 11) is -0.858. The van der Waals surface area contributed by atoms with E-state index in [0.717, 1.165) is 4.31 Å². The topological polar surface area (TPSA) is 106 Å². The minimum Gasteiger partial charge on any atom is -0.457 e. The maximum absolute atomic E-state index is 12.3. The van der Waals surface area contributed by atoms with Crippen molar-refractivity contribution in [3.8, 4) is 0 Å². The van der Waals surface area contributed by atoms with Crippen molar-refractivity contribution in [1.82, 2.24) is 9.21 Å². The van der Waals surface area contributed by atoms with E-state index < -0.39 is 21.6 Å². The van der Waals surface area contributed by atoms with Crippen molar-refractivity contribution >= 4 is 22.1 Å². The predicted molar refractivity (Wildman–Crippen MR) is 99.9 cm³/mol. The quantitative estimate of drug-likeness (QED) is 0.678. The van der Waals surface area contributed by atoms with Crippen molar-refractivity contribution in [2.75, 3.05) is 27.2 Å². The number of hydrogen-bond acceptors (Lipinski definition) is 7. The van der Waals surface area contributed by atoms with Crippen molar-refractivity contribution in [2.24, 2.45) is 5.92 Å². The van der Waals surface area contributed by atoms with E-state index in [0.29, 0.717) is 25.9 Å². The first-order chi connectivity index (χ1) is 12.9. The lowest BCUT2D eigenvalue weighted by molar-refractivity contribution is -0.152. The van der Waals surface area contributed by atoms with Crippen LogP contribution in [-0.4, -0.2) is 62.5 Å². The molecule has 2 rings (SSSR count). The SMILES string of the molecule is CN(C)S(=O)(=O)c1ccc(COC(=O)C2CCN(C(=O)OC(C)(C)C)CC2)o1. The fourth-order valence-corrected chi connectivity index (χ4v) is 3.45. The van der Waals surface area contributed by atoms with Crippen LogP contribution < -0.4 is 0 Å². The number of amides is 1. The van der Waals surface area contributed by atoms with Crippen LogP contribution in [0.1, 0.15) is 39.4 Å². The Morgan fingerprint density at radius 3 is 2.36 bits per heavy atom. The van der Waals surface area contributed by atoms with E-state index in [1.807, 2.05) is 0 Å². The van der Waals surface area contributed by atoms with E-state index in [-0.39, 0.29) is 29.5 Å². The smallest absolute Gasteiger partial charge is 0.410 e. The van der Waals surface area contributed by atoms with Crippen molar-refractivity contribution in [3.05, 3.63) is 17.9 Å². The van der Waals surface area contributed by atoms with Gasteiger partial charge in [-0.05, 0) is 45.7 Å². The summed E-state index contributed by atoms with van der Waals surface area (Å²) in [6.45, 7) is 6.10. The molecule has 1 saturated heterocycles. The molecule has 1 aromatic heterocycles. The number of likely N-dealkylation sites (tertiary alicyclic amines) is 1. The second kappa shape index (κ2) is 8.52. The molecule has 28 heavy (non-hydrogen) atoms. The molecule has 1 aliphatic heterocycles. The number of esters is 1. The third kappa shape index (κ3) is 5.71. The van der Waals surface area contributed by atoms with Gasteiger partial charge in [0.15, 0.2) is 0 Å². The number of ether oxygens (including phenoxy) is 2. The van der Waals surface area contributed by atoms with Crippen LogP contribution in [0.3, 0.4) is 0 Å². The van der Waals surface area contributed by atoms with E-state index in [4.69, 9.17) is 13.9 Å². The highest BCUT2D eigenvalue weighted by Crippen LogP contribution is 2.22. The summed E-state index contributed by atoms with van der Waals surface area (Å²) in [4.78, 5) is 25.9. The van der Waals surface area contributed by atoms with Gasteiger partial charge in [-0.15, -0.1) is 0 Å². The van der Waals surface area contributed by atoms with E-state index in [1.165, 1.54) is 26.2 Å². The van der Waals surface area contributed by atoms with E-state index in [2.05, 4.69) is 0 Å². The maximum Gasteiger partial charge on any atom is 0.410 e. The Labute approximate surface area is 165 Å². The van der Waals surface area contributed by atoms with Gasteiger partial charge in [-0.1, -0.05) is 0 Å². The van der Waals surface area contributed by atoms with E-state index in [1.54, 1.807) is 25.7 Å². The van der Waals surface area contributed by atoms with Crippen LogP contribution in [0.5, 0.6) is 0 Å². The molecule has 0 atom stereocenters. The monoisotopic (exact) mass is 416 g/mol. The number of nitrogens with zero attached hydrogens (tertiary/aromatic N) is 2. The van der Waals surface area contributed by atoms with Gasteiger partial charge in [0.1, 0.15) is 18.0 Å². The molecule has 0 aromatic carbocycles. The minimum absolute atomic E-state index is 0.145. The third-order valence-corrected chi connectivity index (χ3v) is 5.90. The summed E-state index contributed by atoms with van der Waals surface area (Å²) in [5.74, 6) is -0.462. The number of hydrogen-bond donors (Lipinski definition) is 0. The molecular weight excluding hydrogens is 388 g/mol. The van der Waals surface area contributed by atoms with Crippen molar-refractivity contribution < 1.29 is 31.9 Å². The van der Waals surface area contributed by atoms with Gasteiger partial charge >= 0.3 is 12.1 Å². The average molecular weight is 416 g/mol. The third-order valence-electron chi connectivity index (χ3n) is 4.21. The molecule has 0 saturated carbocycles. The molecule has 1 aliphatic rings. The van der Waals surface area contributed by atoms with Crippen molar-refractivity contribution in [1.29, 1.82) is 0 Å². The summed E-state index contributed by atoms with van der Waals surface area (Å²) in [5, 5.41) is -0.200. The van der Waals surface area contributed by atoms with Crippen molar-refractivity contribution in [3.63, 3.8) is 0 Å². The Morgan fingerprint density at radius 2 is 1.82 bits per heavy atom. The number of carbonyl (C=O) groups is 2. The zero-order valence-corrected chi connectivity index (χ0v) is 17.7. The second-order valence-corrected chi connectivity index (χ2v) is 9.94. The minimum atomic E-state index is -3.67. The summed E-state index contributed by atoms with van der Waals surface area (Å²) in [5.41, 5.74) is -0.561. The number of furan rings is 1. The van der Waals surface area contributed by atoms with Crippen LogP contribution in [0.15, 0.2) is 21.6 Å². The first kappa shape index (κ1) is 22.2. The first-order valence-corrected chi connectivity index (χ1v) is 10.5. The van der Waals surface area contributed by atoms with Gasteiger partial charge in [-0.25, -0.2) is 17.5 Å². The van der Waals surface area contributed by atoms with Gasteiger partial charge < -0.3 is 18.8 Å². The Hall–Kier alpha value is -2.07. The Bertz CT molecular complexity index is 800. The molecule has 0 bridgehead atoms. The maximum atomic E-state index is 12.3. The Morgan fingerprint density at radius 1 is 1.21 bits per heavy atom. The Balaban J connectivity index is 1.82. The van der Waals surface area contributed by atoms with Gasteiger partial charge in [-0.3, -0.25) is 4.79 Å². The van der Waals surface area contributed by atoms with E-state index >= 15 is 0 Å². The Kier molecular flexibility index (Phi) is 6.76. The summed E-state index contributed by atoms with van der Waals surface area (Å²) in [6, 6.07) is 2.80. The first-order valence-electron chi connectivity index (χ1n) is 9.06. The summed E-state index contributed by atoms with van der Waals surface area (Å²) in [6.07, 6.45) is 0.581. The predicted octanol–water partition coefficient (Wildman–Crippen LogP) is 2.22. The molecule has 158 valence electrons. The lowest BCUT2D eigenvalue weighted by atomic mass is 9.97. The van der Waals surface area contributed by atoms with E-state index in [9.17, 15) is 18.0 Å². The largest absolute Gasteiger partial charge is 0.457 e. The lowest BCUT2D eigenvalue weighted by Gasteiger charge is -2.32. The molecule has 2 heterocycles. The molecule has 1 fully saturated rings. The van der Waals surface area contributed by atoms with Crippen LogP contribution in [0, 0.1) is 5.92 Å². The fourth-order valence-electron chi connectivity index (χ4n) is 2.64. The molecule has 0 N–H and O–H groups in total. The highest BCUT2D eigenvalue weighted by molar-refractivity contribution is 7.88. The number of piperidine rings is 1. The van der Waals surface area contributed by atoms with Gasteiger partial charge in [0.05, 0.1) is 5.92 Å². The van der Waals surface area contributed by atoms with Crippen LogP contribution in [-0.2, 0) is 30.9 Å². The standard InChI is InChI=1S/C18H28N2O7S/c1-18(2,3)27-17(22)20-10-8-13(9-11-20)16(21)25-12-14-6-7-15(26-14)28(23,24)19(4)5/h6-7,13H,8-12H2,1-5H3. The molecule has 1 aromatic rings. The van der Waals surface area contributed by atoms with Gasteiger partial charge in [0.2, 0.25) is 5.09 Å². The van der Waals surface area contributed by atoms with Gasteiger partial charge in [0, 0.05) is 27.2 Å². The molecule has 1 amide bonds. The molecule has 9 nitrogen and oxygen atoms in total. The van der Waals surface area contributed by atoms with Crippen molar-refractivity contribution in [2.45, 2.75) is 50.9 Å². The number of carbonyl (C=O) groups excluding carboxylic acids is 2. The van der Waals surface area contributed by atoms with Crippen LogP contribution in [0.2, 0.25) is 0 Å². The normalized spacial score (nSPS) is 16.3. The molecule has 0 aliphatic carbocycles. The summed E-state index contributed by atoms with van der Waals surface area (Å²) >= 11 is 0. The summed E-state index contributed by atoms with van der Waals surface area (Å²) < 4.78 is 40.9. The average Bonchev–Trinajstić information content (AvgIpc) is 3.08. The fraction of sp³-hybridized carbons (Fsp3) is 0.667. The highest BCUT2D eigenvalue weighted by atomic mass is 32.2. The molecule has 10 heteroatoms. The van der Waals surface area contributed by atoms with Crippen LogP contribution in [0.4, 0.5) is 4.79 Å². The highest BCUT2D eigenvalue weighted by Gasteiger charge is 2.31. The zero-order valence-electron chi connectivity index (χ0n) is 16.9. The van der Waals surface area contributed by atoms with Gasteiger partial charge in [-0.2, -0.15) is 0 Å². The molecule has 0 spiro atoms. The number of sulfonamides is 1. The van der Waals surface area contributed by atoms with Gasteiger partial charge in [0.25, 0.3) is 10.0 Å². The molecular formula is C18H28N2O7S. The zero-order chi connectivity index (χ0) is 21.1. The van der Waals surface area contributed by atoms with Crippen LogP contribution >= 0.6 is 0 Å². The second-order valence-electron chi connectivity index (χ2n) is 7.86.